The largest absolute Gasteiger partial charge is 0.355 e. The van der Waals surface area contributed by atoms with Gasteiger partial charge in [0.15, 0.2) is 0 Å². The molecule has 84 valence electrons. The molecule has 0 aromatic carbocycles. The summed E-state index contributed by atoms with van der Waals surface area (Å²) in [4.78, 5) is 11.7. The second-order valence-electron chi connectivity index (χ2n) is 4.61. The quantitative estimate of drug-likeness (QED) is 0.680. The molecule has 3 nitrogen and oxygen atoms in total. The number of amides is 1. The maximum atomic E-state index is 11.7. The van der Waals surface area contributed by atoms with Gasteiger partial charge in [-0.05, 0) is 25.9 Å². The third-order valence-corrected chi connectivity index (χ3v) is 2.66. The Morgan fingerprint density at radius 1 is 1.36 bits per heavy atom. The second kappa shape index (κ2) is 6.02. The van der Waals surface area contributed by atoms with Crippen LogP contribution in [0.15, 0.2) is 0 Å². The fourth-order valence-electron chi connectivity index (χ4n) is 1.09. The Bertz CT molecular complexity index is 178. The average molecular weight is 200 g/mol. The summed E-state index contributed by atoms with van der Waals surface area (Å²) < 4.78 is 0. The van der Waals surface area contributed by atoms with Crippen molar-refractivity contribution < 1.29 is 4.79 Å². The van der Waals surface area contributed by atoms with Gasteiger partial charge in [0.05, 0.1) is 0 Å². The van der Waals surface area contributed by atoms with E-state index in [1.54, 1.807) is 0 Å². The Labute approximate surface area is 87.6 Å². The standard InChI is InChI=1S/C11H24N2O/c1-6-11(3,4)10(14)13-8-9(2)7-12-5/h9,12H,6-8H2,1-5H3,(H,13,14). The molecule has 1 amide bonds. The first-order valence-corrected chi connectivity index (χ1v) is 5.37. The number of carbonyl (C=O) groups excluding carboxylic acids is 1. The first-order valence-electron chi connectivity index (χ1n) is 5.37. The maximum absolute atomic E-state index is 11.7. The number of hydrogen-bond acceptors (Lipinski definition) is 2. The van der Waals surface area contributed by atoms with E-state index < -0.39 is 0 Å². The predicted molar refractivity (Wildman–Crippen MR) is 60.2 cm³/mol. The predicted octanol–water partition coefficient (Wildman–Crippen LogP) is 1.39. The highest BCUT2D eigenvalue weighted by Gasteiger charge is 2.24. The van der Waals surface area contributed by atoms with Gasteiger partial charge in [0.25, 0.3) is 0 Å². The van der Waals surface area contributed by atoms with Crippen LogP contribution in [-0.2, 0) is 4.79 Å². The van der Waals surface area contributed by atoms with Crippen molar-refractivity contribution in [3.8, 4) is 0 Å². The summed E-state index contributed by atoms with van der Waals surface area (Å²) in [5, 5.41) is 6.07. The van der Waals surface area contributed by atoms with Gasteiger partial charge in [0.1, 0.15) is 0 Å². The molecule has 0 bridgehead atoms. The third-order valence-electron chi connectivity index (χ3n) is 2.66. The van der Waals surface area contributed by atoms with E-state index in [4.69, 9.17) is 0 Å². The minimum atomic E-state index is -0.237. The Kier molecular flexibility index (Phi) is 5.77. The molecule has 0 aromatic rings. The average Bonchev–Trinajstić information content (AvgIpc) is 2.14. The lowest BCUT2D eigenvalue weighted by Gasteiger charge is -2.22. The van der Waals surface area contributed by atoms with Crippen LogP contribution in [0, 0.1) is 11.3 Å². The molecule has 1 atom stereocenters. The van der Waals surface area contributed by atoms with Crippen molar-refractivity contribution in [3.63, 3.8) is 0 Å². The van der Waals surface area contributed by atoms with E-state index in [1.807, 2.05) is 27.8 Å². The zero-order valence-electron chi connectivity index (χ0n) is 10.1. The monoisotopic (exact) mass is 200 g/mol. The smallest absolute Gasteiger partial charge is 0.225 e. The van der Waals surface area contributed by atoms with E-state index in [1.165, 1.54) is 0 Å². The van der Waals surface area contributed by atoms with Gasteiger partial charge in [0, 0.05) is 12.0 Å². The lowest BCUT2D eigenvalue weighted by Crippen LogP contribution is -2.40. The van der Waals surface area contributed by atoms with Crippen LogP contribution in [0.3, 0.4) is 0 Å². The normalized spacial score (nSPS) is 13.8. The van der Waals surface area contributed by atoms with Crippen LogP contribution in [0.25, 0.3) is 0 Å². The first kappa shape index (κ1) is 13.4. The zero-order chi connectivity index (χ0) is 11.2. The van der Waals surface area contributed by atoms with Gasteiger partial charge < -0.3 is 10.6 Å². The molecule has 0 aliphatic rings. The second-order valence-corrected chi connectivity index (χ2v) is 4.61. The lowest BCUT2D eigenvalue weighted by molar-refractivity contribution is -0.129. The summed E-state index contributed by atoms with van der Waals surface area (Å²) >= 11 is 0. The van der Waals surface area contributed by atoms with E-state index in [0.29, 0.717) is 5.92 Å². The van der Waals surface area contributed by atoms with E-state index in [2.05, 4.69) is 17.6 Å². The molecule has 0 spiro atoms. The highest BCUT2D eigenvalue weighted by Crippen LogP contribution is 2.19. The summed E-state index contributed by atoms with van der Waals surface area (Å²) in [6.45, 7) is 9.80. The summed E-state index contributed by atoms with van der Waals surface area (Å²) in [6.07, 6.45) is 0.874. The molecule has 0 heterocycles. The number of carbonyl (C=O) groups is 1. The van der Waals surface area contributed by atoms with Crippen LogP contribution in [-0.4, -0.2) is 26.0 Å². The molecule has 0 aromatic heterocycles. The first-order chi connectivity index (χ1) is 6.44. The molecular formula is C11H24N2O. The van der Waals surface area contributed by atoms with Gasteiger partial charge in [-0.3, -0.25) is 4.79 Å². The highest BCUT2D eigenvalue weighted by atomic mass is 16.2. The lowest BCUT2D eigenvalue weighted by atomic mass is 9.89. The molecule has 0 fully saturated rings. The van der Waals surface area contributed by atoms with Crippen LogP contribution in [0.5, 0.6) is 0 Å². The topological polar surface area (TPSA) is 41.1 Å². The molecule has 0 radical (unpaired) electrons. The molecule has 0 aliphatic heterocycles. The van der Waals surface area contributed by atoms with E-state index in [9.17, 15) is 4.79 Å². The van der Waals surface area contributed by atoms with Crippen LogP contribution >= 0.6 is 0 Å². The maximum Gasteiger partial charge on any atom is 0.225 e. The molecule has 0 rings (SSSR count). The zero-order valence-corrected chi connectivity index (χ0v) is 10.1. The van der Waals surface area contributed by atoms with Crippen molar-refractivity contribution in [2.45, 2.75) is 34.1 Å². The molecular weight excluding hydrogens is 176 g/mol. The van der Waals surface area contributed by atoms with Gasteiger partial charge in [-0.1, -0.05) is 27.7 Å². The third kappa shape index (κ3) is 4.61. The minimum Gasteiger partial charge on any atom is -0.355 e. The molecule has 0 saturated heterocycles. The van der Waals surface area contributed by atoms with Gasteiger partial charge in [-0.25, -0.2) is 0 Å². The SMILES string of the molecule is CCC(C)(C)C(=O)NCC(C)CNC. The molecule has 0 aliphatic carbocycles. The van der Waals surface area contributed by atoms with Crippen molar-refractivity contribution in [2.24, 2.45) is 11.3 Å². The molecule has 2 N–H and O–H groups in total. The van der Waals surface area contributed by atoms with Gasteiger partial charge >= 0.3 is 0 Å². The Morgan fingerprint density at radius 3 is 2.36 bits per heavy atom. The Morgan fingerprint density at radius 2 is 1.93 bits per heavy atom. The molecule has 1 unspecified atom stereocenters. The van der Waals surface area contributed by atoms with E-state index >= 15 is 0 Å². The Hall–Kier alpha value is -0.570. The van der Waals surface area contributed by atoms with Gasteiger partial charge in [-0.2, -0.15) is 0 Å². The fraction of sp³-hybridized carbons (Fsp3) is 0.909. The number of hydrogen-bond donors (Lipinski definition) is 2. The summed E-state index contributed by atoms with van der Waals surface area (Å²) in [5.74, 6) is 0.638. The molecule has 0 saturated carbocycles. The summed E-state index contributed by atoms with van der Waals surface area (Å²) in [6, 6.07) is 0. The van der Waals surface area contributed by atoms with Crippen LogP contribution in [0.4, 0.5) is 0 Å². The van der Waals surface area contributed by atoms with Gasteiger partial charge in [-0.15, -0.1) is 0 Å². The van der Waals surface area contributed by atoms with Crippen LogP contribution < -0.4 is 10.6 Å². The summed E-state index contributed by atoms with van der Waals surface area (Å²) in [5.41, 5.74) is -0.237. The van der Waals surface area contributed by atoms with Crippen molar-refractivity contribution >= 4 is 5.91 Å². The van der Waals surface area contributed by atoms with Crippen LogP contribution in [0.1, 0.15) is 34.1 Å². The van der Waals surface area contributed by atoms with Crippen molar-refractivity contribution in [2.75, 3.05) is 20.1 Å². The number of nitrogens with one attached hydrogen (secondary N) is 2. The Balaban J connectivity index is 3.85. The van der Waals surface area contributed by atoms with E-state index in [-0.39, 0.29) is 11.3 Å². The molecule has 14 heavy (non-hydrogen) atoms. The van der Waals surface area contributed by atoms with Gasteiger partial charge in [0.2, 0.25) is 5.91 Å². The number of rotatable bonds is 6. The van der Waals surface area contributed by atoms with Crippen molar-refractivity contribution in [1.82, 2.24) is 10.6 Å². The highest BCUT2D eigenvalue weighted by molar-refractivity contribution is 5.81. The van der Waals surface area contributed by atoms with Crippen LogP contribution in [0.2, 0.25) is 0 Å². The van der Waals surface area contributed by atoms with Crippen molar-refractivity contribution in [1.29, 1.82) is 0 Å². The minimum absolute atomic E-state index is 0.156. The summed E-state index contributed by atoms with van der Waals surface area (Å²) in [7, 11) is 1.92. The van der Waals surface area contributed by atoms with Crippen molar-refractivity contribution in [3.05, 3.63) is 0 Å². The molecule has 3 heteroatoms. The van der Waals surface area contributed by atoms with E-state index in [0.717, 1.165) is 19.5 Å². The fourth-order valence-corrected chi connectivity index (χ4v) is 1.09.